The van der Waals surface area contributed by atoms with Gasteiger partial charge in [0.15, 0.2) is 5.65 Å². The molecule has 2 heterocycles. The number of anilines is 1. The van der Waals surface area contributed by atoms with Crippen LogP contribution in [0.2, 0.25) is 0 Å². The summed E-state index contributed by atoms with van der Waals surface area (Å²) >= 11 is 0. The van der Waals surface area contributed by atoms with Crippen molar-refractivity contribution in [2.45, 2.75) is 19.1 Å². The molecule has 4 rings (SSSR count). The Morgan fingerprint density at radius 2 is 2.04 bits per heavy atom. The summed E-state index contributed by atoms with van der Waals surface area (Å²) < 4.78 is 1.68. The monoisotopic (exact) mass is 337 g/mol. The Balaban J connectivity index is 1.66. The summed E-state index contributed by atoms with van der Waals surface area (Å²) in [5, 5.41) is 20.0. The van der Waals surface area contributed by atoms with Crippen LogP contribution in [0.5, 0.6) is 0 Å². The molecule has 0 bridgehead atoms. The molecular formula is C18H19N5O2. The molecule has 128 valence electrons. The summed E-state index contributed by atoms with van der Waals surface area (Å²) in [5.74, 6) is 0.588. The zero-order chi connectivity index (χ0) is 17.4. The van der Waals surface area contributed by atoms with Crippen LogP contribution in [0.25, 0.3) is 16.8 Å². The zero-order valence-corrected chi connectivity index (χ0v) is 13.8. The van der Waals surface area contributed by atoms with Gasteiger partial charge >= 0.3 is 0 Å². The van der Waals surface area contributed by atoms with Gasteiger partial charge in [-0.15, -0.1) is 5.10 Å². The maximum atomic E-state index is 11.7. The number of nitrogens with zero attached hydrogens (tertiary/aromatic N) is 3. The quantitative estimate of drug-likeness (QED) is 0.619. The Hall–Kier alpha value is -2.93. The summed E-state index contributed by atoms with van der Waals surface area (Å²) in [5.41, 5.74) is 3.16. The molecule has 1 aliphatic carbocycles. The lowest BCUT2D eigenvalue weighted by Crippen LogP contribution is -2.21. The van der Waals surface area contributed by atoms with Crippen molar-refractivity contribution >= 4 is 17.5 Å². The zero-order valence-electron chi connectivity index (χ0n) is 13.8. The highest BCUT2D eigenvalue weighted by Crippen LogP contribution is 2.33. The number of hydrogen-bond donors (Lipinski definition) is 3. The summed E-state index contributed by atoms with van der Waals surface area (Å²) in [6.45, 7) is 0. The molecule has 1 unspecified atom stereocenters. The molecule has 25 heavy (non-hydrogen) atoms. The third-order valence-corrected chi connectivity index (χ3v) is 4.39. The summed E-state index contributed by atoms with van der Waals surface area (Å²) in [6, 6.07) is 11.2. The maximum Gasteiger partial charge on any atom is 0.251 e. The van der Waals surface area contributed by atoms with E-state index in [1.807, 2.05) is 30.5 Å². The van der Waals surface area contributed by atoms with Crippen LogP contribution >= 0.6 is 0 Å². The molecule has 1 aliphatic rings. The summed E-state index contributed by atoms with van der Waals surface area (Å²) in [7, 11) is 1.61. The van der Waals surface area contributed by atoms with Crippen molar-refractivity contribution in [3.63, 3.8) is 0 Å². The van der Waals surface area contributed by atoms with Gasteiger partial charge < -0.3 is 15.7 Å². The molecule has 0 saturated heterocycles. The first-order chi connectivity index (χ1) is 12.2. The number of carbonyl (C=O) groups is 1. The van der Waals surface area contributed by atoms with Crippen LogP contribution in [-0.4, -0.2) is 38.9 Å². The number of aliphatic hydroxyl groups is 1. The molecule has 0 radical (unpaired) electrons. The maximum absolute atomic E-state index is 11.7. The Kier molecular flexibility index (Phi) is 3.85. The fourth-order valence-electron chi connectivity index (χ4n) is 2.80. The molecule has 1 amide bonds. The highest BCUT2D eigenvalue weighted by molar-refractivity contribution is 5.94. The van der Waals surface area contributed by atoms with Gasteiger partial charge in [0.1, 0.15) is 6.23 Å². The minimum atomic E-state index is -0.604. The van der Waals surface area contributed by atoms with E-state index in [1.165, 1.54) is 0 Å². The minimum absolute atomic E-state index is 0.118. The number of pyridine rings is 1. The topological polar surface area (TPSA) is 91.6 Å². The first-order valence-corrected chi connectivity index (χ1v) is 8.28. The number of carbonyl (C=O) groups excluding carboxylic acids is 1. The molecule has 0 aliphatic heterocycles. The van der Waals surface area contributed by atoms with Gasteiger partial charge in [-0.1, -0.05) is 12.1 Å². The fraction of sp³-hybridized carbons (Fsp3) is 0.278. The summed E-state index contributed by atoms with van der Waals surface area (Å²) in [4.78, 5) is 16.2. The van der Waals surface area contributed by atoms with Crippen molar-refractivity contribution in [2.24, 2.45) is 5.92 Å². The van der Waals surface area contributed by atoms with E-state index in [4.69, 9.17) is 0 Å². The molecule has 1 fully saturated rings. The molecule has 1 atom stereocenters. The van der Waals surface area contributed by atoms with Gasteiger partial charge in [0.05, 0.1) is 0 Å². The van der Waals surface area contributed by atoms with Gasteiger partial charge in [0, 0.05) is 30.3 Å². The Labute approximate surface area is 144 Å². The van der Waals surface area contributed by atoms with Gasteiger partial charge in [0.2, 0.25) is 5.95 Å². The van der Waals surface area contributed by atoms with Crippen molar-refractivity contribution in [2.75, 3.05) is 12.4 Å². The van der Waals surface area contributed by atoms with Gasteiger partial charge in [-0.2, -0.15) is 4.98 Å². The highest BCUT2D eigenvalue weighted by Gasteiger charge is 2.30. The molecule has 3 aromatic rings. The van der Waals surface area contributed by atoms with Gasteiger partial charge in [0.25, 0.3) is 5.91 Å². The lowest BCUT2D eigenvalue weighted by Gasteiger charge is -2.08. The smallest absolute Gasteiger partial charge is 0.251 e. The number of amides is 1. The Morgan fingerprint density at radius 1 is 1.28 bits per heavy atom. The van der Waals surface area contributed by atoms with Crippen LogP contribution in [0, 0.1) is 5.92 Å². The first-order valence-electron chi connectivity index (χ1n) is 8.28. The van der Waals surface area contributed by atoms with Crippen molar-refractivity contribution < 1.29 is 9.90 Å². The normalized spacial score (nSPS) is 15.1. The molecule has 0 spiro atoms. The molecule has 7 heteroatoms. The fourth-order valence-corrected chi connectivity index (χ4v) is 2.80. The predicted molar refractivity (Wildman–Crippen MR) is 94.2 cm³/mol. The molecular weight excluding hydrogens is 318 g/mol. The molecule has 1 saturated carbocycles. The average Bonchev–Trinajstić information content (AvgIpc) is 3.41. The van der Waals surface area contributed by atoms with Crippen LogP contribution in [0.3, 0.4) is 0 Å². The molecule has 7 nitrogen and oxygen atoms in total. The Bertz CT molecular complexity index is 915. The van der Waals surface area contributed by atoms with E-state index < -0.39 is 6.23 Å². The van der Waals surface area contributed by atoms with E-state index in [2.05, 4.69) is 20.7 Å². The number of aliphatic hydroxyl groups excluding tert-OH is 1. The van der Waals surface area contributed by atoms with Crippen LogP contribution in [0.4, 0.5) is 5.95 Å². The Morgan fingerprint density at radius 3 is 2.72 bits per heavy atom. The van der Waals surface area contributed by atoms with Crippen LogP contribution in [0.1, 0.15) is 23.2 Å². The van der Waals surface area contributed by atoms with Gasteiger partial charge in [-0.25, -0.2) is 4.52 Å². The van der Waals surface area contributed by atoms with E-state index in [1.54, 1.807) is 23.7 Å². The number of aromatic nitrogens is 3. The second kappa shape index (κ2) is 6.18. The number of rotatable bonds is 5. The van der Waals surface area contributed by atoms with E-state index >= 15 is 0 Å². The van der Waals surface area contributed by atoms with Crippen LogP contribution in [-0.2, 0) is 0 Å². The minimum Gasteiger partial charge on any atom is -0.373 e. The molecule has 3 N–H and O–H groups in total. The third-order valence-electron chi connectivity index (χ3n) is 4.39. The van der Waals surface area contributed by atoms with Crippen molar-refractivity contribution in [1.82, 2.24) is 19.9 Å². The van der Waals surface area contributed by atoms with E-state index in [-0.39, 0.29) is 5.91 Å². The number of hydrogen-bond acceptors (Lipinski definition) is 5. The van der Waals surface area contributed by atoms with Crippen molar-refractivity contribution in [3.05, 3.63) is 48.2 Å². The van der Waals surface area contributed by atoms with Crippen LogP contribution < -0.4 is 10.6 Å². The predicted octanol–water partition coefficient (Wildman–Crippen LogP) is 1.90. The summed E-state index contributed by atoms with van der Waals surface area (Å²) in [6.07, 6.45) is 3.28. The third kappa shape index (κ3) is 3.06. The SMILES string of the molecule is CNC(=O)c1ccc(-c2cccn3nc(NC(O)C4CC4)nc23)cc1. The first kappa shape index (κ1) is 15.6. The second-order valence-electron chi connectivity index (χ2n) is 6.21. The number of nitrogens with one attached hydrogen (secondary N) is 2. The van der Waals surface area contributed by atoms with Gasteiger partial charge in [-0.05, 0) is 42.7 Å². The number of benzene rings is 1. The van der Waals surface area contributed by atoms with E-state index in [9.17, 15) is 9.90 Å². The average molecular weight is 337 g/mol. The van der Waals surface area contributed by atoms with Crippen molar-refractivity contribution in [1.29, 1.82) is 0 Å². The largest absolute Gasteiger partial charge is 0.373 e. The van der Waals surface area contributed by atoms with Crippen LogP contribution in [0.15, 0.2) is 42.6 Å². The number of fused-ring (bicyclic) bond motifs is 1. The second-order valence-corrected chi connectivity index (χ2v) is 6.21. The standard InChI is InChI=1S/C18H19N5O2/c1-19-16(24)12-6-4-11(5-7-12)14-3-2-10-23-15(14)20-18(22-23)21-17(25)13-8-9-13/h2-7,10,13,17,25H,8-9H2,1H3,(H,19,24)(H,21,22). The van der Waals surface area contributed by atoms with E-state index in [0.717, 1.165) is 24.0 Å². The highest BCUT2D eigenvalue weighted by atomic mass is 16.3. The lowest BCUT2D eigenvalue weighted by molar-refractivity contribution is 0.0963. The van der Waals surface area contributed by atoms with Crippen molar-refractivity contribution in [3.8, 4) is 11.1 Å². The van der Waals surface area contributed by atoms with Gasteiger partial charge in [-0.3, -0.25) is 4.79 Å². The lowest BCUT2D eigenvalue weighted by atomic mass is 10.0. The van der Waals surface area contributed by atoms with E-state index in [0.29, 0.717) is 23.1 Å². The molecule has 2 aromatic heterocycles. The molecule has 1 aromatic carbocycles.